The number of methoxy groups -OCH3 is 1. The molecular weight excluding hydrogens is 266 g/mol. The summed E-state index contributed by atoms with van der Waals surface area (Å²) in [5, 5.41) is 8.94. The molecular formula is C16H23N3O2. The number of nitrogens with zero attached hydrogens (tertiary/aromatic N) is 3. The van der Waals surface area contributed by atoms with Crippen molar-refractivity contribution < 1.29 is 9.53 Å². The Labute approximate surface area is 126 Å². The molecule has 0 fully saturated rings. The standard InChI is InChI=1S/C16H23N3O2/c1-18(2)8-9-19(16(20)7-10-21-3)13-15-6-4-5-14(11-15)12-17/h4-6,11H,7-10,13H2,1-3H3. The number of ether oxygens (including phenoxy) is 1. The first kappa shape index (κ1) is 17.2. The van der Waals surface area contributed by atoms with Gasteiger partial charge in [-0.3, -0.25) is 4.79 Å². The van der Waals surface area contributed by atoms with Gasteiger partial charge in [0.2, 0.25) is 5.91 Å². The molecule has 21 heavy (non-hydrogen) atoms. The molecule has 1 rings (SSSR count). The summed E-state index contributed by atoms with van der Waals surface area (Å²) in [5.74, 6) is 0.0704. The SMILES string of the molecule is COCCC(=O)N(CCN(C)C)Cc1cccc(C#N)c1. The van der Waals surface area contributed by atoms with Gasteiger partial charge in [-0.05, 0) is 31.8 Å². The minimum atomic E-state index is 0.0704. The van der Waals surface area contributed by atoms with Gasteiger partial charge in [-0.2, -0.15) is 5.26 Å². The molecule has 1 aromatic carbocycles. The fourth-order valence-electron chi connectivity index (χ4n) is 1.92. The van der Waals surface area contributed by atoms with Gasteiger partial charge in [0.15, 0.2) is 0 Å². The maximum Gasteiger partial charge on any atom is 0.225 e. The van der Waals surface area contributed by atoms with Crippen molar-refractivity contribution in [3.63, 3.8) is 0 Å². The van der Waals surface area contributed by atoms with Crippen LogP contribution >= 0.6 is 0 Å². The summed E-state index contributed by atoms with van der Waals surface area (Å²) in [6, 6.07) is 9.50. The number of hydrogen-bond donors (Lipinski definition) is 0. The third-order valence-electron chi connectivity index (χ3n) is 3.12. The minimum absolute atomic E-state index is 0.0704. The summed E-state index contributed by atoms with van der Waals surface area (Å²) in [6.45, 7) is 2.41. The second-order valence-electron chi connectivity index (χ2n) is 5.17. The van der Waals surface area contributed by atoms with Crippen molar-refractivity contribution in [3.8, 4) is 6.07 Å². The lowest BCUT2D eigenvalue weighted by molar-refractivity contribution is -0.132. The van der Waals surface area contributed by atoms with Crippen LogP contribution in [0.2, 0.25) is 0 Å². The predicted molar refractivity (Wildman–Crippen MR) is 81.6 cm³/mol. The number of amides is 1. The zero-order valence-corrected chi connectivity index (χ0v) is 13.0. The summed E-state index contributed by atoms with van der Waals surface area (Å²) < 4.78 is 4.97. The highest BCUT2D eigenvalue weighted by Crippen LogP contribution is 2.09. The lowest BCUT2D eigenvalue weighted by atomic mass is 10.1. The van der Waals surface area contributed by atoms with E-state index in [4.69, 9.17) is 10.00 Å². The van der Waals surface area contributed by atoms with E-state index in [1.807, 2.05) is 42.1 Å². The fraction of sp³-hybridized carbons (Fsp3) is 0.500. The molecule has 114 valence electrons. The van der Waals surface area contributed by atoms with Crippen LogP contribution in [0.4, 0.5) is 0 Å². The van der Waals surface area contributed by atoms with Gasteiger partial charge in [-0.15, -0.1) is 0 Å². The van der Waals surface area contributed by atoms with Crippen LogP contribution in [0.15, 0.2) is 24.3 Å². The van der Waals surface area contributed by atoms with Crippen LogP contribution in [0.1, 0.15) is 17.5 Å². The van der Waals surface area contributed by atoms with E-state index >= 15 is 0 Å². The molecule has 0 saturated carbocycles. The molecule has 1 amide bonds. The van der Waals surface area contributed by atoms with Gasteiger partial charge in [0.25, 0.3) is 0 Å². The summed E-state index contributed by atoms with van der Waals surface area (Å²) in [6.07, 6.45) is 0.377. The number of carbonyl (C=O) groups excluding carboxylic acids is 1. The molecule has 0 aliphatic carbocycles. The van der Waals surface area contributed by atoms with Crippen LogP contribution in [0.5, 0.6) is 0 Å². The highest BCUT2D eigenvalue weighted by atomic mass is 16.5. The Bertz CT molecular complexity index is 495. The number of rotatable bonds is 8. The van der Waals surface area contributed by atoms with E-state index in [0.717, 1.165) is 12.1 Å². The van der Waals surface area contributed by atoms with Crippen LogP contribution in [-0.4, -0.2) is 56.6 Å². The Kier molecular flexibility index (Phi) is 7.44. The molecule has 0 N–H and O–H groups in total. The Morgan fingerprint density at radius 1 is 1.33 bits per heavy atom. The number of carbonyl (C=O) groups is 1. The average molecular weight is 289 g/mol. The first-order valence-electron chi connectivity index (χ1n) is 6.97. The first-order chi connectivity index (χ1) is 10.1. The smallest absolute Gasteiger partial charge is 0.225 e. The van der Waals surface area contributed by atoms with E-state index in [1.165, 1.54) is 0 Å². The van der Waals surface area contributed by atoms with E-state index in [0.29, 0.717) is 31.7 Å². The molecule has 5 heteroatoms. The number of nitriles is 1. The Morgan fingerprint density at radius 2 is 2.10 bits per heavy atom. The van der Waals surface area contributed by atoms with E-state index in [1.54, 1.807) is 13.2 Å². The highest BCUT2D eigenvalue weighted by molar-refractivity contribution is 5.76. The van der Waals surface area contributed by atoms with Crippen molar-refractivity contribution in [2.75, 3.05) is 40.9 Å². The molecule has 0 bridgehead atoms. The van der Waals surface area contributed by atoms with Crippen molar-refractivity contribution in [1.29, 1.82) is 5.26 Å². The van der Waals surface area contributed by atoms with Gasteiger partial charge in [0.05, 0.1) is 24.7 Å². The van der Waals surface area contributed by atoms with E-state index in [-0.39, 0.29) is 5.91 Å². The number of likely N-dealkylation sites (N-methyl/N-ethyl adjacent to an activating group) is 1. The van der Waals surface area contributed by atoms with Crippen molar-refractivity contribution >= 4 is 5.91 Å². The molecule has 0 aliphatic heterocycles. The fourth-order valence-corrected chi connectivity index (χ4v) is 1.92. The molecule has 0 radical (unpaired) electrons. The maximum absolute atomic E-state index is 12.2. The largest absolute Gasteiger partial charge is 0.384 e. The summed E-state index contributed by atoms with van der Waals surface area (Å²) in [5.41, 5.74) is 1.59. The topological polar surface area (TPSA) is 56.6 Å². The van der Waals surface area contributed by atoms with Crippen molar-refractivity contribution in [2.24, 2.45) is 0 Å². The summed E-state index contributed by atoms with van der Waals surface area (Å²) in [7, 11) is 5.55. The summed E-state index contributed by atoms with van der Waals surface area (Å²) >= 11 is 0. The third-order valence-corrected chi connectivity index (χ3v) is 3.12. The van der Waals surface area contributed by atoms with E-state index in [9.17, 15) is 4.79 Å². The monoisotopic (exact) mass is 289 g/mol. The number of hydrogen-bond acceptors (Lipinski definition) is 4. The second-order valence-corrected chi connectivity index (χ2v) is 5.17. The Balaban J connectivity index is 2.75. The molecule has 0 unspecified atom stereocenters. The Morgan fingerprint density at radius 3 is 2.71 bits per heavy atom. The van der Waals surface area contributed by atoms with Crippen molar-refractivity contribution in [1.82, 2.24) is 9.80 Å². The molecule has 5 nitrogen and oxygen atoms in total. The lowest BCUT2D eigenvalue weighted by Gasteiger charge is -2.24. The van der Waals surface area contributed by atoms with Gasteiger partial charge in [-0.1, -0.05) is 12.1 Å². The van der Waals surface area contributed by atoms with Crippen molar-refractivity contribution in [2.45, 2.75) is 13.0 Å². The van der Waals surface area contributed by atoms with Gasteiger partial charge in [0, 0.05) is 26.7 Å². The van der Waals surface area contributed by atoms with Crippen LogP contribution < -0.4 is 0 Å². The van der Waals surface area contributed by atoms with Gasteiger partial charge in [0.1, 0.15) is 0 Å². The van der Waals surface area contributed by atoms with Crippen LogP contribution in [-0.2, 0) is 16.1 Å². The van der Waals surface area contributed by atoms with Gasteiger partial charge in [-0.25, -0.2) is 0 Å². The first-order valence-corrected chi connectivity index (χ1v) is 6.97. The van der Waals surface area contributed by atoms with Gasteiger partial charge < -0.3 is 14.5 Å². The normalized spacial score (nSPS) is 10.4. The van der Waals surface area contributed by atoms with Crippen LogP contribution in [0.3, 0.4) is 0 Å². The molecule has 0 saturated heterocycles. The van der Waals surface area contributed by atoms with Gasteiger partial charge >= 0.3 is 0 Å². The average Bonchev–Trinajstić information content (AvgIpc) is 2.49. The molecule has 1 aromatic rings. The molecule has 0 aromatic heterocycles. The molecule has 0 spiro atoms. The minimum Gasteiger partial charge on any atom is -0.384 e. The molecule has 0 aliphatic rings. The second kappa shape index (κ2) is 9.11. The van der Waals surface area contributed by atoms with Crippen LogP contribution in [0.25, 0.3) is 0 Å². The third kappa shape index (κ3) is 6.39. The zero-order chi connectivity index (χ0) is 15.7. The van der Waals surface area contributed by atoms with E-state index < -0.39 is 0 Å². The van der Waals surface area contributed by atoms with Crippen LogP contribution in [0, 0.1) is 11.3 Å². The highest BCUT2D eigenvalue weighted by Gasteiger charge is 2.14. The maximum atomic E-state index is 12.2. The molecule has 0 atom stereocenters. The zero-order valence-electron chi connectivity index (χ0n) is 13.0. The number of benzene rings is 1. The molecule has 0 heterocycles. The lowest BCUT2D eigenvalue weighted by Crippen LogP contribution is -2.36. The predicted octanol–water partition coefficient (Wildman–Crippen LogP) is 1.48. The van der Waals surface area contributed by atoms with Crippen molar-refractivity contribution in [3.05, 3.63) is 35.4 Å². The Hall–Kier alpha value is -1.90. The quantitative estimate of drug-likeness (QED) is 0.727. The summed E-state index contributed by atoms with van der Waals surface area (Å²) in [4.78, 5) is 16.1. The van der Waals surface area contributed by atoms with E-state index in [2.05, 4.69) is 6.07 Å².